The first-order valence-electron chi connectivity index (χ1n) is 11.0. The Morgan fingerprint density at radius 3 is 2.00 bits per heavy atom. The second-order valence-corrected chi connectivity index (χ2v) is 10.0. The number of hydrogen-bond acceptors (Lipinski definition) is 8. The van der Waals surface area contributed by atoms with Crippen LogP contribution in [0.1, 0.15) is 62.9 Å². The van der Waals surface area contributed by atoms with Crippen LogP contribution in [-0.2, 0) is 19.8 Å². The van der Waals surface area contributed by atoms with E-state index in [-0.39, 0.29) is 29.6 Å². The topological polar surface area (TPSA) is 122 Å². The second-order valence-electron chi connectivity index (χ2n) is 8.94. The van der Waals surface area contributed by atoms with Crippen molar-refractivity contribution in [1.82, 2.24) is 15.0 Å². The molecule has 6 aliphatic rings. The summed E-state index contributed by atoms with van der Waals surface area (Å²) in [5.74, 6) is 0.996. The van der Waals surface area contributed by atoms with Gasteiger partial charge < -0.3 is 15.2 Å². The molecule has 33 heavy (non-hydrogen) atoms. The van der Waals surface area contributed by atoms with Crippen LogP contribution in [0.5, 0.6) is 0 Å². The van der Waals surface area contributed by atoms with Crippen molar-refractivity contribution < 1.29 is 19.1 Å². The highest BCUT2D eigenvalue weighted by atomic mass is 35.5. The van der Waals surface area contributed by atoms with Crippen LogP contribution in [0.25, 0.3) is 0 Å². The lowest BCUT2D eigenvalue weighted by Gasteiger charge is -2.61. The van der Waals surface area contributed by atoms with Crippen molar-refractivity contribution >= 4 is 53.3 Å². The summed E-state index contributed by atoms with van der Waals surface area (Å²) in [5.41, 5.74) is 6.61. The quantitative estimate of drug-likeness (QED) is 0.344. The molecule has 0 spiro atoms. The number of hydrogen-bond donors (Lipinski definition) is 1. The summed E-state index contributed by atoms with van der Waals surface area (Å²) in [7, 11) is 1.43. The Morgan fingerprint density at radius 1 is 1.15 bits per heavy atom. The monoisotopic (exact) mass is 523 g/mol. The predicted octanol–water partition coefficient (Wildman–Crippen LogP) is 3.31. The third-order valence-corrected chi connectivity index (χ3v) is 6.90. The summed E-state index contributed by atoms with van der Waals surface area (Å²) in [6.07, 6.45) is 9.27. The number of rotatable bonds is 6. The van der Waals surface area contributed by atoms with E-state index in [1.807, 2.05) is 4.68 Å². The van der Waals surface area contributed by atoms with E-state index in [1.165, 1.54) is 45.6 Å². The Morgan fingerprint density at radius 2 is 1.67 bits per heavy atom. The van der Waals surface area contributed by atoms with Crippen molar-refractivity contribution in [3.8, 4) is 0 Å². The molecule has 0 aliphatic heterocycles. The van der Waals surface area contributed by atoms with Gasteiger partial charge in [0.15, 0.2) is 16.2 Å². The highest BCUT2D eigenvalue weighted by Crippen LogP contribution is 2.61. The molecule has 1 heterocycles. The van der Waals surface area contributed by atoms with Crippen molar-refractivity contribution in [2.24, 2.45) is 22.6 Å². The summed E-state index contributed by atoms with van der Waals surface area (Å²) in [5, 5.41) is 7.86. The van der Waals surface area contributed by atoms with Crippen LogP contribution >= 0.6 is 35.6 Å². The van der Waals surface area contributed by atoms with E-state index in [0.717, 1.165) is 11.8 Å². The van der Waals surface area contributed by atoms with E-state index >= 15 is 0 Å². The van der Waals surface area contributed by atoms with Gasteiger partial charge in [-0.05, 0) is 64.2 Å². The maximum atomic E-state index is 11.4. The molecule has 0 unspecified atom stereocenters. The normalized spacial score (nSPS) is 29.7. The lowest BCUT2D eigenvalue weighted by molar-refractivity contribution is -0.135. The molecule has 4 bridgehead atoms. The molecule has 1 aromatic rings. The first kappa shape index (κ1) is 27.8. The fourth-order valence-electron chi connectivity index (χ4n) is 4.54. The molecule has 6 fully saturated rings. The minimum Gasteiger partial charge on any atom is -0.461 e. The molecule has 6 aliphatic carbocycles. The molecular weight excluding hydrogens is 493 g/mol. The molecule has 2 N–H and O–H groups in total. The summed E-state index contributed by atoms with van der Waals surface area (Å²) < 4.78 is 11.3. The molecule has 1 aromatic heterocycles. The SMILES string of the molecule is CCOC(=O)C(=NC)C(Cl)Cl.CCOC(=O)c1cn(C23CC(C2)C3)nn1.Cl.NC12CC(C1)C2. The Labute approximate surface area is 210 Å². The number of alkyl halides is 2. The van der Waals surface area contributed by atoms with E-state index in [2.05, 4.69) is 20.0 Å². The smallest absolute Gasteiger partial charge is 0.360 e. The van der Waals surface area contributed by atoms with Gasteiger partial charge in [-0.25, -0.2) is 14.3 Å². The number of esters is 2. The van der Waals surface area contributed by atoms with Gasteiger partial charge in [0.25, 0.3) is 0 Å². The molecule has 0 amide bonds. The van der Waals surface area contributed by atoms with Gasteiger partial charge in [0, 0.05) is 12.6 Å². The van der Waals surface area contributed by atoms with Crippen molar-refractivity contribution in [3.05, 3.63) is 11.9 Å². The van der Waals surface area contributed by atoms with E-state index in [1.54, 1.807) is 20.0 Å². The molecule has 12 heteroatoms. The molecule has 186 valence electrons. The summed E-state index contributed by atoms with van der Waals surface area (Å²) >= 11 is 10.8. The van der Waals surface area contributed by atoms with Gasteiger partial charge in [-0.3, -0.25) is 4.99 Å². The molecule has 9 nitrogen and oxygen atoms in total. The fraction of sp³-hybridized carbons (Fsp3) is 0.762. The fourth-order valence-corrected chi connectivity index (χ4v) is 4.91. The zero-order chi connectivity index (χ0) is 23.5. The number of nitrogens with zero attached hydrogens (tertiary/aromatic N) is 4. The average molecular weight is 525 g/mol. The maximum Gasteiger partial charge on any atom is 0.360 e. The van der Waals surface area contributed by atoms with Crippen molar-refractivity contribution in [1.29, 1.82) is 0 Å². The van der Waals surface area contributed by atoms with E-state index in [4.69, 9.17) is 33.7 Å². The number of carbonyl (C=O) groups is 2. The van der Waals surface area contributed by atoms with Gasteiger partial charge in [-0.15, -0.1) is 17.5 Å². The van der Waals surface area contributed by atoms with Gasteiger partial charge in [0.2, 0.25) is 0 Å². The molecule has 6 saturated carbocycles. The number of carbonyl (C=O) groups excluding carboxylic acids is 2. The van der Waals surface area contributed by atoms with Crippen LogP contribution in [0.2, 0.25) is 0 Å². The molecule has 0 aromatic carbocycles. The first-order chi connectivity index (χ1) is 15.1. The van der Waals surface area contributed by atoms with Crippen molar-refractivity contribution in [3.63, 3.8) is 0 Å². The van der Waals surface area contributed by atoms with Crippen LogP contribution in [0, 0.1) is 11.8 Å². The standard InChI is InChI=1S/C10H13N3O2.C6H9Cl2NO2.C5H9N.ClH/c1-2-15-9(14)8-6-13(12-11-8)10-3-7(4-10)5-10;1-3-11-6(10)4(9-2)5(7)8;6-5-1-4(2-5)3-5;/h6-7H,2-5H2,1H3;5H,3H2,1-2H3;4H,1-3,6H2;1H. The number of halogens is 3. The van der Waals surface area contributed by atoms with E-state index in [0.29, 0.717) is 24.4 Å². The first-order valence-corrected chi connectivity index (χ1v) is 11.8. The summed E-state index contributed by atoms with van der Waals surface area (Å²) in [6, 6.07) is 0. The highest BCUT2D eigenvalue weighted by molar-refractivity contribution is 6.63. The third kappa shape index (κ3) is 6.18. The number of nitrogens with two attached hydrogens (primary N) is 1. The number of aliphatic imine (C=N–C) groups is 1. The minimum atomic E-state index is -0.918. The average Bonchev–Trinajstić information content (AvgIpc) is 3.08. The van der Waals surface area contributed by atoms with Crippen LogP contribution in [0.3, 0.4) is 0 Å². The molecule has 0 saturated heterocycles. The highest BCUT2D eigenvalue weighted by Gasteiger charge is 2.59. The molecule has 7 rings (SSSR count). The summed E-state index contributed by atoms with van der Waals surface area (Å²) in [4.78, 5) is 24.9. The van der Waals surface area contributed by atoms with Crippen LogP contribution in [0.4, 0.5) is 0 Å². The second kappa shape index (κ2) is 11.3. The lowest BCUT2D eigenvalue weighted by atomic mass is 9.50. The largest absolute Gasteiger partial charge is 0.461 e. The third-order valence-electron chi connectivity index (χ3n) is 6.49. The zero-order valence-corrected chi connectivity index (χ0v) is 21.5. The Balaban J connectivity index is 0.000000188. The Hall–Kier alpha value is -1.42. The molecular formula is C21H32Cl3N5O4. The van der Waals surface area contributed by atoms with E-state index < -0.39 is 10.8 Å². The van der Waals surface area contributed by atoms with Gasteiger partial charge in [0.1, 0.15) is 0 Å². The van der Waals surface area contributed by atoms with Crippen molar-refractivity contribution in [2.75, 3.05) is 20.3 Å². The van der Waals surface area contributed by atoms with Gasteiger partial charge in [-0.1, -0.05) is 28.4 Å². The minimum absolute atomic E-state index is 0. The van der Waals surface area contributed by atoms with Crippen LogP contribution < -0.4 is 5.73 Å². The van der Waals surface area contributed by atoms with Crippen LogP contribution in [0.15, 0.2) is 11.2 Å². The molecule has 0 radical (unpaired) electrons. The molecule has 0 atom stereocenters. The number of ether oxygens (including phenoxy) is 2. The van der Waals surface area contributed by atoms with Gasteiger partial charge >= 0.3 is 11.9 Å². The maximum absolute atomic E-state index is 11.4. The summed E-state index contributed by atoms with van der Waals surface area (Å²) in [6.45, 7) is 4.14. The zero-order valence-electron chi connectivity index (χ0n) is 19.1. The Kier molecular flexibility index (Phi) is 9.56. The van der Waals surface area contributed by atoms with Gasteiger partial charge in [0.05, 0.1) is 24.9 Å². The predicted molar refractivity (Wildman–Crippen MR) is 128 cm³/mol. The van der Waals surface area contributed by atoms with Crippen LogP contribution in [-0.4, -0.2) is 63.3 Å². The number of aromatic nitrogens is 3. The van der Waals surface area contributed by atoms with Crippen molar-refractivity contribution in [2.45, 2.75) is 68.3 Å². The van der Waals surface area contributed by atoms with Gasteiger partial charge in [-0.2, -0.15) is 0 Å². The van der Waals surface area contributed by atoms with E-state index in [9.17, 15) is 9.59 Å². The lowest BCUT2D eigenvalue weighted by Crippen LogP contribution is -2.64. The Bertz CT molecular complexity index is 842.